The van der Waals surface area contributed by atoms with Crippen LogP contribution in [-0.4, -0.2) is 19.5 Å². The van der Waals surface area contributed by atoms with Gasteiger partial charge in [-0.05, 0) is 12.2 Å². The molecule has 0 aromatic heterocycles. The number of rotatable bonds is 7. The maximum absolute atomic E-state index is 4.08. The smallest absolute Gasteiger partial charge is 0.197 e. The SMILES string of the molecule is C=C/C=C\C1=C(C=C)N2C(=C(C=C)B1)/C(=C\C=C)BC(=C/C=C)/C2=C\C=C. The molecule has 132 valence electrons. The van der Waals surface area contributed by atoms with Crippen LogP contribution in [0, 0.1) is 0 Å². The number of nitrogens with zero attached hydrogens (tertiary/aromatic N) is 1. The lowest BCUT2D eigenvalue weighted by Gasteiger charge is -2.42. The van der Waals surface area contributed by atoms with Crippen LogP contribution in [0.5, 0.6) is 0 Å². The maximum atomic E-state index is 4.08. The lowest BCUT2D eigenvalue weighted by Crippen LogP contribution is -2.37. The summed E-state index contributed by atoms with van der Waals surface area (Å²) in [6, 6.07) is 0. The van der Waals surface area contributed by atoms with Gasteiger partial charge in [0.2, 0.25) is 0 Å². The molecule has 2 rings (SSSR count). The van der Waals surface area contributed by atoms with Crippen LogP contribution in [-0.2, 0) is 0 Å². The van der Waals surface area contributed by atoms with Crippen molar-refractivity contribution in [3.8, 4) is 0 Å². The summed E-state index contributed by atoms with van der Waals surface area (Å²) in [4.78, 5) is 2.24. The van der Waals surface area contributed by atoms with Gasteiger partial charge in [0.1, 0.15) is 0 Å². The van der Waals surface area contributed by atoms with E-state index >= 15 is 0 Å². The molecule has 2 heterocycles. The first-order valence-corrected chi connectivity index (χ1v) is 8.93. The minimum atomic E-state index is 0.789. The molecule has 1 nitrogen and oxygen atoms in total. The van der Waals surface area contributed by atoms with E-state index < -0.39 is 0 Å². The molecule has 0 radical (unpaired) electrons. The van der Waals surface area contributed by atoms with E-state index in [1.54, 1.807) is 6.08 Å². The van der Waals surface area contributed by atoms with Crippen LogP contribution < -0.4 is 0 Å². The fourth-order valence-electron chi connectivity index (χ4n) is 3.49. The fraction of sp³-hybridized carbons (Fsp3) is 0. The van der Waals surface area contributed by atoms with Crippen molar-refractivity contribution in [2.24, 2.45) is 0 Å². The van der Waals surface area contributed by atoms with Crippen molar-refractivity contribution in [2.45, 2.75) is 0 Å². The van der Waals surface area contributed by atoms with E-state index in [-0.39, 0.29) is 0 Å². The second-order valence-electron chi connectivity index (χ2n) is 6.12. The summed E-state index contributed by atoms with van der Waals surface area (Å²) in [5.74, 6) is 0. The molecule has 0 N–H and O–H groups in total. The molecule has 0 spiro atoms. The molecule has 1 fully saturated rings. The minimum Gasteiger partial charge on any atom is -0.313 e. The van der Waals surface area contributed by atoms with Gasteiger partial charge in [0.15, 0.2) is 14.6 Å². The predicted octanol–water partition coefficient (Wildman–Crippen LogP) is 4.94. The largest absolute Gasteiger partial charge is 0.313 e. The molecule has 2 aliphatic rings. The third-order valence-corrected chi connectivity index (χ3v) is 4.52. The van der Waals surface area contributed by atoms with Gasteiger partial charge in [-0.3, -0.25) is 0 Å². The van der Waals surface area contributed by atoms with Crippen molar-refractivity contribution >= 4 is 14.6 Å². The van der Waals surface area contributed by atoms with Crippen LogP contribution in [0.4, 0.5) is 0 Å². The number of allylic oxidation sites excluding steroid dienone is 15. The van der Waals surface area contributed by atoms with Gasteiger partial charge >= 0.3 is 0 Å². The highest BCUT2D eigenvalue weighted by Gasteiger charge is 2.34. The van der Waals surface area contributed by atoms with Crippen LogP contribution in [0.25, 0.3) is 0 Å². The molecule has 3 heteroatoms. The Hall–Kier alpha value is -3.19. The van der Waals surface area contributed by atoms with E-state index in [0.717, 1.165) is 37.1 Å². The Labute approximate surface area is 165 Å². The van der Waals surface area contributed by atoms with Gasteiger partial charge in [-0.15, -0.1) is 0 Å². The highest BCUT2D eigenvalue weighted by molar-refractivity contribution is 6.61. The van der Waals surface area contributed by atoms with Gasteiger partial charge in [0.25, 0.3) is 0 Å². The Morgan fingerprint density at radius 1 is 0.667 bits per heavy atom. The molecule has 1 saturated heterocycles. The summed E-state index contributed by atoms with van der Waals surface area (Å²) in [6.07, 6.45) is 21.3. The molecule has 0 aromatic carbocycles. The van der Waals surface area contributed by atoms with E-state index in [4.69, 9.17) is 0 Å². The maximum Gasteiger partial charge on any atom is 0.197 e. The minimum absolute atomic E-state index is 0.789. The van der Waals surface area contributed by atoms with Crippen LogP contribution in [0.3, 0.4) is 0 Å². The molecule has 0 amide bonds. The van der Waals surface area contributed by atoms with Crippen LogP contribution in [0.2, 0.25) is 0 Å². The van der Waals surface area contributed by atoms with Gasteiger partial charge < -0.3 is 4.90 Å². The molecule has 0 aliphatic carbocycles. The first kappa shape index (κ1) is 20.1. The van der Waals surface area contributed by atoms with Gasteiger partial charge in [-0.2, -0.15) is 0 Å². The van der Waals surface area contributed by atoms with Crippen molar-refractivity contribution in [2.75, 3.05) is 0 Å². The predicted molar refractivity (Wildman–Crippen MR) is 125 cm³/mol. The molecule has 27 heavy (non-hydrogen) atoms. The first-order valence-electron chi connectivity index (χ1n) is 8.93. The van der Waals surface area contributed by atoms with Crippen LogP contribution >= 0.6 is 0 Å². The normalized spacial score (nSPS) is 21.0. The highest BCUT2D eigenvalue weighted by Crippen LogP contribution is 2.41. The molecular weight excluding hydrogens is 324 g/mol. The summed E-state index contributed by atoms with van der Waals surface area (Å²) in [5, 5.41) is 0. The van der Waals surface area contributed by atoms with E-state index in [2.05, 4.69) is 56.5 Å². The van der Waals surface area contributed by atoms with E-state index in [1.807, 2.05) is 48.6 Å². The van der Waals surface area contributed by atoms with Gasteiger partial charge in [0, 0.05) is 17.1 Å². The molecule has 0 bridgehead atoms. The molecule has 0 unspecified atom stereocenters. The standard InChI is InChI=1S/C24H25B2N/c1-7-13-17-20-22(12-6)27-23(16-10-4)19(14-8-2)26-21(15-9-3)24(27)18(11-5)25-20/h7-17,25-26H,1-6H2/b17-13-,19-14+,21-15+,23-16+. The number of hydrogen-bond acceptors (Lipinski definition) is 1. The van der Waals surface area contributed by atoms with Crippen molar-refractivity contribution in [3.63, 3.8) is 0 Å². The highest BCUT2D eigenvalue weighted by atomic mass is 15.2. The zero-order valence-corrected chi connectivity index (χ0v) is 16.0. The monoisotopic (exact) mass is 349 g/mol. The van der Waals surface area contributed by atoms with Gasteiger partial charge in [0.05, 0.1) is 0 Å². The molecule has 0 saturated carbocycles. The van der Waals surface area contributed by atoms with Crippen LogP contribution in [0.1, 0.15) is 0 Å². The lowest BCUT2D eigenvalue weighted by atomic mass is 9.51. The molecular formula is C24H25B2N. The van der Waals surface area contributed by atoms with E-state index in [1.165, 1.54) is 16.4 Å². The Balaban J connectivity index is 2.88. The fourth-order valence-corrected chi connectivity index (χ4v) is 3.49. The third-order valence-electron chi connectivity index (χ3n) is 4.52. The molecule has 0 aromatic rings. The van der Waals surface area contributed by atoms with Crippen molar-refractivity contribution in [1.82, 2.24) is 4.90 Å². The van der Waals surface area contributed by atoms with Crippen molar-refractivity contribution < 1.29 is 0 Å². The summed E-state index contributed by atoms with van der Waals surface area (Å²) in [7, 11) is 1.58. The summed E-state index contributed by atoms with van der Waals surface area (Å²) in [6.45, 7) is 23.6. The summed E-state index contributed by atoms with van der Waals surface area (Å²) < 4.78 is 0. The third kappa shape index (κ3) is 3.98. The van der Waals surface area contributed by atoms with Gasteiger partial charge in [-0.25, -0.2) is 0 Å². The average molecular weight is 349 g/mol. The Morgan fingerprint density at radius 3 is 1.89 bits per heavy atom. The number of fused-ring (bicyclic) bond motifs is 1. The summed E-state index contributed by atoms with van der Waals surface area (Å²) in [5.41, 5.74) is 7.95. The average Bonchev–Trinajstić information content (AvgIpc) is 2.68. The van der Waals surface area contributed by atoms with E-state index in [9.17, 15) is 0 Å². The van der Waals surface area contributed by atoms with Gasteiger partial charge in [-0.1, -0.05) is 116 Å². The van der Waals surface area contributed by atoms with Crippen molar-refractivity contribution in [1.29, 1.82) is 0 Å². The lowest BCUT2D eigenvalue weighted by molar-refractivity contribution is 0.558. The molecule has 0 atom stereocenters. The first-order chi connectivity index (χ1) is 13.2. The second kappa shape index (κ2) is 9.49. The molecule has 2 aliphatic heterocycles. The van der Waals surface area contributed by atoms with Crippen LogP contribution in [0.15, 0.2) is 145 Å². The Kier molecular flexibility index (Phi) is 7.08. The number of hydrogen-bond donors (Lipinski definition) is 0. The quantitative estimate of drug-likeness (QED) is 0.465. The second-order valence-corrected chi connectivity index (χ2v) is 6.12. The Bertz CT molecular complexity index is 885. The zero-order chi connectivity index (χ0) is 19.8. The topological polar surface area (TPSA) is 3.24 Å². The van der Waals surface area contributed by atoms with Crippen molar-refractivity contribution in [3.05, 3.63) is 145 Å². The van der Waals surface area contributed by atoms with E-state index in [0.29, 0.717) is 0 Å². The summed E-state index contributed by atoms with van der Waals surface area (Å²) >= 11 is 0. The Morgan fingerprint density at radius 2 is 1.33 bits per heavy atom. The zero-order valence-electron chi connectivity index (χ0n) is 16.0.